The Morgan fingerprint density at radius 1 is 1.19 bits per heavy atom. The summed E-state index contributed by atoms with van der Waals surface area (Å²) in [6, 6.07) is 13.1. The van der Waals surface area contributed by atoms with Crippen molar-refractivity contribution in [3.8, 4) is 0 Å². The third kappa shape index (κ3) is 3.90. The van der Waals surface area contributed by atoms with Gasteiger partial charge in [-0.2, -0.15) is 0 Å². The van der Waals surface area contributed by atoms with Crippen LogP contribution in [0, 0.1) is 13.8 Å². The summed E-state index contributed by atoms with van der Waals surface area (Å²) in [6.07, 6.45) is 0.629. The molecule has 3 rings (SSSR count). The van der Waals surface area contributed by atoms with E-state index in [0.29, 0.717) is 22.5 Å². The van der Waals surface area contributed by atoms with Crippen LogP contribution in [0.1, 0.15) is 24.5 Å². The summed E-state index contributed by atoms with van der Waals surface area (Å²) in [5, 5.41) is 3.80. The van der Waals surface area contributed by atoms with E-state index in [0.717, 1.165) is 16.8 Å². The van der Waals surface area contributed by atoms with Gasteiger partial charge in [0.1, 0.15) is 0 Å². The Bertz CT molecular complexity index is 1060. The van der Waals surface area contributed by atoms with E-state index in [1.54, 1.807) is 13.1 Å². The van der Waals surface area contributed by atoms with Gasteiger partial charge in [0, 0.05) is 12.7 Å². The van der Waals surface area contributed by atoms with Crippen molar-refractivity contribution in [1.29, 1.82) is 0 Å². The molecule has 1 unspecified atom stereocenters. The fourth-order valence-corrected chi connectivity index (χ4v) is 3.83. The second-order valence-corrected chi connectivity index (χ2v) is 7.70. The van der Waals surface area contributed by atoms with Gasteiger partial charge < -0.3 is 5.32 Å². The SMILES string of the molecule is CCC(Sc1nc2ccccc2c(=O)n1C)C(=O)Nc1cccc(C)c1C. The van der Waals surface area contributed by atoms with Gasteiger partial charge in [0.2, 0.25) is 5.91 Å². The predicted octanol–water partition coefficient (Wildman–Crippen LogP) is 4.06. The summed E-state index contributed by atoms with van der Waals surface area (Å²) in [6.45, 7) is 5.97. The fraction of sp³-hybridized carbons (Fsp3) is 0.286. The molecule has 2 aromatic carbocycles. The summed E-state index contributed by atoms with van der Waals surface area (Å²) in [4.78, 5) is 30.0. The lowest BCUT2D eigenvalue weighted by molar-refractivity contribution is -0.115. The number of nitrogens with zero attached hydrogens (tertiary/aromatic N) is 2. The Morgan fingerprint density at radius 3 is 2.67 bits per heavy atom. The molecule has 0 aliphatic carbocycles. The number of fused-ring (bicyclic) bond motifs is 1. The highest BCUT2D eigenvalue weighted by molar-refractivity contribution is 8.00. The van der Waals surface area contributed by atoms with E-state index < -0.39 is 0 Å². The van der Waals surface area contributed by atoms with Crippen LogP contribution in [0.15, 0.2) is 52.4 Å². The first-order valence-electron chi connectivity index (χ1n) is 8.92. The molecule has 0 saturated heterocycles. The standard InChI is InChI=1S/C21H23N3O2S/c1-5-18(19(25)22-16-12-8-9-13(2)14(16)3)27-21-23-17-11-7-6-10-15(17)20(26)24(21)4/h6-12,18H,5H2,1-4H3,(H,22,25). The molecule has 0 spiro atoms. The van der Waals surface area contributed by atoms with Crippen LogP contribution in [-0.4, -0.2) is 20.7 Å². The molecule has 1 heterocycles. The number of hydrogen-bond acceptors (Lipinski definition) is 4. The third-order valence-corrected chi connectivity index (χ3v) is 6.12. The van der Waals surface area contributed by atoms with Crippen molar-refractivity contribution in [1.82, 2.24) is 9.55 Å². The third-order valence-electron chi connectivity index (χ3n) is 4.72. The van der Waals surface area contributed by atoms with Gasteiger partial charge in [0.05, 0.1) is 16.2 Å². The number of para-hydroxylation sites is 1. The molecule has 0 aliphatic heterocycles. The lowest BCUT2D eigenvalue weighted by Crippen LogP contribution is -2.27. The minimum absolute atomic E-state index is 0.0846. The Balaban J connectivity index is 1.88. The van der Waals surface area contributed by atoms with Gasteiger partial charge in [-0.05, 0) is 49.6 Å². The highest BCUT2D eigenvalue weighted by Crippen LogP contribution is 2.26. The maximum absolute atomic E-state index is 12.8. The maximum Gasteiger partial charge on any atom is 0.261 e. The summed E-state index contributed by atoms with van der Waals surface area (Å²) in [5.74, 6) is -0.0846. The molecule has 1 amide bonds. The number of carbonyl (C=O) groups excluding carboxylic acids is 1. The second-order valence-electron chi connectivity index (χ2n) is 6.53. The Morgan fingerprint density at radius 2 is 1.93 bits per heavy atom. The van der Waals surface area contributed by atoms with Gasteiger partial charge in [0.15, 0.2) is 5.16 Å². The molecule has 5 nitrogen and oxygen atoms in total. The Labute approximate surface area is 162 Å². The average Bonchev–Trinajstić information content (AvgIpc) is 2.67. The molecule has 0 aliphatic rings. The number of carbonyl (C=O) groups is 1. The zero-order valence-electron chi connectivity index (χ0n) is 15.9. The van der Waals surface area contributed by atoms with Crippen molar-refractivity contribution in [2.24, 2.45) is 7.05 Å². The van der Waals surface area contributed by atoms with Crippen LogP contribution < -0.4 is 10.9 Å². The number of amides is 1. The van der Waals surface area contributed by atoms with Gasteiger partial charge >= 0.3 is 0 Å². The van der Waals surface area contributed by atoms with E-state index in [-0.39, 0.29) is 16.7 Å². The summed E-state index contributed by atoms with van der Waals surface area (Å²) < 4.78 is 1.51. The zero-order chi connectivity index (χ0) is 19.6. The summed E-state index contributed by atoms with van der Waals surface area (Å²) in [5.41, 5.74) is 3.55. The highest BCUT2D eigenvalue weighted by atomic mass is 32.2. The lowest BCUT2D eigenvalue weighted by Gasteiger charge is -2.17. The van der Waals surface area contributed by atoms with E-state index in [9.17, 15) is 9.59 Å². The number of nitrogens with one attached hydrogen (secondary N) is 1. The monoisotopic (exact) mass is 381 g/mol. The number of aryl methyl sites for hydroxylation is 1. The molecular weight excluding hydrogens is 358 g/mol. The van der Waals surface area contributed by atoms with Crippen LogP contribution in [-0.2, 0) is 11.8 Å². The smallest absolute Gasteiger partial charge is 0.261 e. The molecule has 1 atom stereocenters. The topological polar surface area (TPSA) is 64.0 Å². The number of anilines is 1. The largest absolute Gasteiger partial charge is 0.325 e. The van der Waals surface area contributed by atoms with Gasteiger partial charge in [-0.25, -0.2) is 4.98 Å². The van der Waals surface area contributed by atoms with E-state index in [1.807, 2.05) is 57.2 Å². The van der Waals surface area contributed by atoms with E-state index in [4.69, 9.17) is 0 Å². The Hall–Kier alpha value is -2.60. The summed E-state index contributed by atoms with van der Waals surface area (Å²) in [7, 11) is 1.69. The number of rotatable bonds is 5. The van der Waals surface area contributed by atoms with Crippen LogP contribution in [0.5, 0.6) is 0 Å². The number of hydrogen-bond donors (Lipinski definition) is 1. The van der Waals surface area contributed by atoms with E-state index in [1.165, 1.54) is 16.3 Å². The van der Waals surface area contributed by atoms with E-state index in [2.05, 4.69) is 10.3 Å². The van der Waals surface area contributed by atoms with Gasteiger partial charge in [-0.3, -0.25) is 14.2 Å². The van der Waals surface area contributed by atoms with Crippen molar-refractivity contribution >= 4 is 34.3 Å². The molecular formula is C21H23N3O2S. The number of thioether (sulfide) groups is 1. The van der Waals surface area contributed by atoms with Gasteiger partial charge in [-0.1, -0.05) is 43.0 Å². The minimum Gasteiger partial charge on any atom is -0.325 e. The number of benzene rings is 2. The second kappa shape index (κ2) is 7.96. The number of aromatic nitrogens is 2. The van der Waals surface area contributed by atoms with Gasteiger partial charge in [0.25, 0.3) is 5.56 Å². The zero-order valence-corrected chi connectivity index (χ0v) is 16.8. The molecule has 140 valence electrons. The highest BCUT2D eigenvalue weighted by Gasteiger charge is 2.21. The van der Waals surface area contributed by atoms with Crippen LogP contribution >= 0.6 is 11.8 Å². The summed E-state index contributed by atoms with van der Waals surface area (Å²) >= 11 is 1.32. The quantitative estimate of drug-likeness (QED) is 0.535. The molecule has 0 fully saturated rings. The first-order valence-corrected chi connectivity index (χ1v) is 9.79. The van der Waals surface area contributed by atoms with Crippen LogP contribution in [0.4, 0.5) is 5.69 Å². The van der Waals surface area contributed by atoms with Crippen molar-refractivity contribution < 1.29 is 4.79 Å². The van der Waals surface area contributed by atoms with Crippen LogP contribution in [0.25, 0.3) is 10.9 Å². The minimum atomic E-state index is -0.343. The van der Waals surface area contributed by atoms with Crippen molar-refractivity contribution in [3.05, 3.63) is 63.9 Å². The molecule has 27 heavy (non-hydrogen) atoms. The van der Waals surface area contributed by atoms with Crippen LogP contribution in [0.3, 0.4) is 0 Å². The fourth-order valence-electron chi connectivity index (χ4n) is 2.85. The van der Waals surface area contributed by atoms with Gasteiger partial charge in [-0.15, -0.1) is 0 Å². The molecule has 0 bridgehead atoms. The molecule has 0 radical (unpaired) electrons. The predicted molar refractivity (Wildman–Crippen MR) is 111 cm³/mol. The first kappa shape index (κ1) is 19.2. The lowest BCUT2D eigenvalue weighted by atomic mass is 10.1. The maximum atomic E-state index is 12.8. The molecule has 0 saturated carbocycles. The van der Waals surface area contributed by atoms with Crippen molar-refractivity contribution in [2.75, 3.05) is 5.32 Å². The first-order chi connectivity index (χ1) is 12.9. The molecule has 1 aromatic heterocycles. The molecule has 1 N–H and O–H groups in total. The van der Waals surface area contributed by atoms with Crippen LogP contribution in [0.2, 0.25) is 0 Å². The Kier molecular flexibility index (Phi) is 5.65. The van der Waals surface area contributed by atoms with E-state index >= 15 is 0 Å². The van der Waals surface area contributed by atoms with Crippen molar-refractivity contribution in [3.63, 3.8) is 0 Å². The molecule has 3 aromatic rings. The molecule has 6 heteroatoms. The normalized spacial score (nSPS) is 12.1. The average molecular weight is 382 g/mol. The van der Waals surface area contributed by atoms with Crippen molar-refractivity contribution in [2.45, 2.75) is 37.6 Å².